The van der Waals surface area contributed by atoms with E-state index in [0.717, 1.165) is 44.5 Å². The minimum atomic E-state index is -0.443. The van der Waals surface area contributed by atoms with Gasteiger partial charge >= 0.3 is 0 Å². The van der Waals surface area contributed by atoms with E-state index in [0.29, 0.717) is 18.8 Å². The fourth-order valence-corrected chi connectivity index (χ4v) is 5.77. The van der Waals surface area contributed by atoms with Gasteiger partial charge in [0.25, 0.3) is 0 Å². The molecule has 6 nitrogen and oxygen atoms in total. The number of nitrogens with zero attached hydrogens (tertiary/aromatic N) is 3. The SMILES string of the molecule is CN(C)CCNc1c(F)cccc1C1S[C@@H](CC(=O)N2CC[CH]CC2)C(=O)N1CCC(C)(C)C. The van der Waals surface area contributed by atoms with Crippen molar-refractivity contribution in [3.63, 3.8) is 0 Å². The summed E-state index contributed by atoms with van der Waals surface area (Å²) in [5.41, 5.74) is 1.28. The monoisotopic (exact) mass is 491 g/mol. The molecule has 1 aromatic carbocycles. The third-order valence-electron chi connectivity index (χ3n) is 6.33. The van der Waals surface area contributed by atoms with Crippen LogP contribution in [0.1, 0.15) is 57.4 Å². The van der Waals surface area contributed by atoms with Crippen molar-refractivity contribution in [2.45, 2.75) is 57.1 Å². The van der Waals surface area contributed by atoms with Crippen molar-refractivity contribution < 1.29 is 14.0 Å². The van der Waals surface area contributed by atoms with Crippen LogP contribution in [0.5, 0.6) is 0 Å². The van der Waals surface area contributed by atoms with E-state index in [1.165, 1.54) is 17.8 Å². The van der Waals surface area contributed by atoms with Gasteiger partial charge in [-0.15, -0.1) is 11.8 Å². The minimum Gasteiger partial charge on any atom is -0.381 e. The second kappa shape index (κ2) is 11.8. The number of nitrogens with one attached hydrogen (secondary N) is 1. The maximum absolute atomic E-state index is 14.9. The Kier molecular flexibility index (Phi) is 9.27. The van der Waals surface area contributed by atoms with Crippen LogP contribution in [0.2, 0.25) is 0 Å². The molecule has 0 saturated carbocycles. The summed E-state index contributed by atoms with van der Waals surface area (Å²) in [6.07, 6.45) is 5.05. The normalized spacial score (nSPS) is 21.4. The third-order valence-corrected chi connectivity index (χ3v) is 7.79. The second-order valence-corrected chi connectivity index (χ2v) is 12.0. The summed E-state index contributed by atoms with van der Waals surface area (Å²) in [7, 11) is 3.96. The van der Waals surface area contributed by atoms with Crippen LogP contribution in [0.15, 0.2) is 18.2 Å². The van der Waals surface area contributed by atoms with Crippen LogP contribution in [0.3, 0.4) is 0 Å². The first-order valence-electron chi connectivity index (χ1n) is 12.3. The summed E-state index contributed by atoms with van der Waals surface area (Å²) in [6, 6.07) is 5.06. The van der Waals surface area contributed by atoms with Crippen molar-refractivity contribution in [3.8, 4) is 0 Å². The molecular formula is C26H40FN4O2S. The first-order chi connectivity index (χ1) is 16.1. The van der Waals surface area contributed by atoms with Crippen molar-refractivity contribution in [3.05, 3.63) is 36.0 Å². The van der Waals surface area contributed by atoms with E-state index < -0.39 is 5.25 Å². The molecule has 2 atom stereocenters. The number of likely N-dealkylation sites (tertiary alicyclic amines) is 1. The van der Waals surface area contributed by atoms with Crippen molar-refractivity contribution in [2.24, 2.45) is 5.41 Å². The molecule has 1 aromatic rings. The van der Waals surface area contributed by atoms with Gasteiger partial charge in [-0.25, -0.2) is 4.39 Å². The van der Waals surface area contributed by atoms with E-state index in [1.54, 1.807) is 6.07 Å². The summed E-state index contributed by atoms with van der Waals surface area (Å²) in [4.78, 5) is 32.3. The van der Waals surface area contributed by atoms with Crippen LogP contribution in [0.4, 0.5) is 10.1 Å². The molecule has 8 heteroatoms. The Bertz CT molecular complexity index is 852. The molecule has 2 aliphatic heterocycles. The molecule has 0 bridgehead atoms. The number of halogens is 1. The Morgan fingerprint density at radius 2 is 1.94 bits per heavy atom. The van der Waals surface area contributed by atoms with E-state index in [-0.39, 0.29) is 34.8 Å². The molecule has 1 N–H and O–H groups in total. The van der Waals surface area contributed by atoms with Gasteiger partial charge in [0.15, 0.2) is 0 Å². The molecule has 0 aromatic heterocycles. The molecule has 0 spiro atoms. The van der Waals surface area contributed by atoms with Gasteiger partial charge < -0.3 is 20.0 Å². The number of para-hydroxylation sites is 1. The van der Waals surface area contributed by atoms with Crippen molar-refractivity contribution >= 4 is 29.3 Å². The molecular weight excluding hydrogens is 451 g/mol. The van der Waals surface area contributed by atoms with E-state index in [1.807, 2.05) is 34.9 Å². The lowest BCUT2D eigenvalue weighted by atomic mass is 9.92. The van der Waals surface area contributed by atoms with Gasteiger partial charge in [0.05, 0.1) is 10.9 Å². The minimum absolute atomic E-state index is 0.0142. The number of piperidine rings is 1. The number of thioether (sulfide) groups is 1. The summed E-state index contributed by atoms with van der Waals surface area (Å²) in [6.45, 7) is 9.86. The molecule has 2 fully saturated rings. The average Bonchev–Trinajstić information content (AvgIpc) is 3.08. The Morgan fingerprint density at radius 1 is 1.24 bits per heavy atom. The molecule has 1 radical (unpaired) electrons. The average molecular weight is 492 g/mol. The number of likely N-dealkylation sites (N-methyl/N-ethyl adjacent to an activating group) is 1. The van der Waals surface area contributed by atoms with E-state index >= 15 is 0 Å². The molecule has 3 rings (SSSR count). The van der Waals surface area contributed by atoms with Crippen LogP contribution in [-0.4, -0.2) is 78.6 Å². The quantitative estimate of drug-likeness (QED) is 0.555. The van der Waals surface area contributed by atoms with Crippen LogP contribution in [-0.2, 0) is 9.59 Å². The van der Waals surface area contributed by atoms with Crippen LogP contribution in [0, 0.1) is 17.7 Å². The van der Waals surface area contributed by atoms with Crippen LogP contribution in [0.25, 0.3) is 0 Å². The third kappa shape index (κ3) is 7.11. The van der Waals surface area contributed by atoms with Crippen molar-refractivity contribution in [1.29, 1.82) is 0 Å². The molecule has 189 valence electrons. The predicted molar refractivity (Wildman–Crippen MR) is 138 cm³/mol. The Morgan fingerprint density at radius 3 is 2.59 bits per heavy atom. The number of amides is 2. The largest absolute Gasteiger partial charge is 0.381 e. The van der Waals surface area contributed by atoms with Gasteiger partial charge in [-0.2, -0.15) is 0 Å². The van der Waals surface area contributed by atoms with Gasteiger partial charge in [0.1, 0.15) is 11.2 Å². The lowest BCUT2D eigenvalue weighted by molar-refractivity contribution is -0.136. The molecule has 34 heavy (non-hydrogen) atoms. The molecule has 1 unspecified atom stereocenters. The molecule has 2 saturated heterocycles. The van der Waals surface area contributed by atoms with Crippen molar-refractivity contribution in [1.82, 2.24) is 14.7 Å². The number of hydrogen-bond donors (Lipinski definition) is 1. The Hall–Kier alpha value is -1.80. The van der Waals surface area contributed by atoms with Gasteiger partial charge in [0.2, 0.25) is 11.8 Å². The number of anilines is 1. The highest BCUT2D eigenvalue weighted by Crippen LogP contribution is 2.47. The number of hydrogen-bond acceptors (Lipinski definition) is 5. The fourth-order valence-electron chi connectivity index (χ4n) is 4.27. The van der Waals surface area contributed by atoms with Gasteiger partial charge in [-0.1, -0.05) is 32.9 Å². The number of benzene rings is 1. The maximum atomic E-state index is 14.9. The topological polar surface area (TPSA) is 55.9 Å². The standard InChI is InChI=1S/C26H40FN4O2S/c1-26(2,3)12-16-31-24(33)21(18-22(32)30-14-7-6-8-15-30)34-25(31)19-10-9-11-20(27)23(19)28-13-17-29(4)5/h6,9-11,21,25,28H,7-8,12-18H2,1-5H3/t21-,25?/m0/s1. The molecule has 2 heterocycles. The number of rotatable bonds is 9. The van der Waals surface area contributed by atoms with E-state index in [4.69, 9.17) is 0 Å². The van der Waals surface area contributed by atoms with Crippen molar-refractivity contribution in [2.75, 3.05) is 52.1 Å². The summed E-state index contributed by atoms with van der Waals surface area (Å²) < 4.78 is 14.9. The Balaban J connectivity index is 1.83. The first kappa shape index (κ1) is 26.8. The highest BCUT2D eigenvalue weighted by Gasteiger charge is 2.43. The Labute approximate surface area is 208 Å². The second-order valence-electron chi connectivity index (χ2n) is 10.7. The highest BCUT2D eigenvalue weighted by molar-refractivity contribution is 8.01. The van der Waals surface area contributed by atoms with Gasteiger partial charge in [-0.05, 0) is 51.3 Å². The molecule has 2 amide bonds. The zero-order valence-corrected chi connectivity index (χ0v) is 22.1. The summed E-state index contributed by atoms with van der Waals surface area (Å²) in [5, 5.41) is 2.50. The molecule has 2 aliphatic rings. The zero-order valence-electron chi connectivity index (χ0n) is 21.3. The van der Waals surface area contributed by atoms with E-state index in [9.17, 15) is 14.0 Å². The first-order valence-corrected chi connectivity index (χ1v) is 13.2. The maximum Gasteiger partial charge on any atom is 0.237 e. The van der Waals surface area contributed by atoms with E-state index in [2.05, 4.69) is 32.5 Å². The van der Waals surface area contributed by atoms with Crippen LogP contribution < -0.4 is 5.32 Å². The predicted octanol–water partition coefficient (Wildman–Crippen LogP) is 4.39. The zero-order chi connectivity index (χ0) is 24.9. The van der Waals surface area contributed by atoms with Gasteiger partial charge in [0, 0.05) is 44.7 Å². The molecule has 0 aliphatic carbocycles. The fraction of sp³-hybridized carbons (Fsp3) is 0.654. The van der Waals surface area contributed by atoms with Crippen LogP contribution >= 0.6 is 11.8 Å². The number of carbonyl (C=O) groups is 2. The summed E-state index contributed by atoms with van der Waals surface area (Å²) >= 11 is 1.49. The lowest BCUT2D eigenvalue weighted by Crippen LogP contribution is -2.39. The highest BCUT2D eigenvalue weighted by atomic mass is 32.2. The summed E-state index contributed by atoms with van der Waals surface area (Å²) in [5.74, 6) is -0.289. The number of carbonyl (C=O) groups excluding carboxylic acids is 2. The smallest absolute Gasteiger partial charge is 0.237 e. The lowest BCUT2D eigenvalue weighted by Gasteiger charge is -2.29. The van der Waals surface area contributed by atoms with Gasteiger partial charge in [-0.3, -0.25) is 9.59 Å².